The van der Waals surface area contributed by atoms with E-state index < -0.39 is 0 Å². The average Bonchev–Trinajstić information content (AvgIpc) is 2.02. The monoisotopic (exact) mass is 182 g/mol. The van der Waals surface area contributed by atoms with Crippen LogP contribution in [0.25, 0.3) is 0 Å². The second-order valence-corrected chi connectivity index (χ2v) is 4.05. The summed E-state index contributed by atoms with van der Waals surface area (Å²) in [5.74, 6) is 0.00271. The van der Waals surface area contributed by atoms with Crippen LogP contribution in [0.3, 0.4) is 0 Å². The van der Waals surface area contributed by atoms with Crippen LogP contribution in [0, 0.1) is 5.82 Å². The molecule has 13 heavy (non-hydrogen) atoms. The van der Waals surface area contributed by atoms with Crippen molar-refractivity contribution in [3.63, 3.8) is 0 Å². The first-order valence-corrected chi connectivity index (χ1v) is 4.29. The summed E-state index contributed by atoms with van der Waals surface area (Å²) in [6, 6.07) is 1.53. The summed E-state index contributed by atoms with van der Waals surface area (Å²) in [6.07, 6.45) is 1.70. The number of hydrogen-bond acceptors (Lipinski definition) is 2. The molecule has 0 amide bonds. The zero-order chi connectivity index (χ0) is 10.1. The number of halogens is 1. The van der Waals surface area contributed by atoms with Crippen molar-refractivity contribution >= 4 is 5.82 Å². The Morgan fingerprint density at radius 3 is 2.38 bits per heavy atom. The molecule has 0 saturated heterocycles. The van der Waals surface area contributed by atoms with Gasteiger partial charge in [0, 0.05) is 13.2 Å². The van der Waals surface area contributed by atoms with Crippen LogP contribution >= 0.6 is 0 Å². The Morgan fingerprint density at radius 2 is 2.00 bits per heavy atom. The van der Waals surface area contributed by atoms with E-state index in [1.807, 2.05) is 20.8 Å². The minimum absolute atomic E-state index is 0.0554. The predicted octanol–water partition coefficient (Wildman–Crippen LogP) is 2.56. The van der Waals surface area contributed by atoms with Gasteiger partial charge >= 0.3 is 0 Å². The summed E-state index contributed by atoms with van der Waals surface area (Å²) >= 11 is 0. The maximum Gasteiger partial charge on any atom is 0.165 e. The minimum Gasteiger partial charge on any atom is -0.371 e. The predicted molar refractivity (Wildman–Crippen MR) is 52.4 cm³/mol. The van der Waals surface area contributed by atoms with Gasteiger partial charge < -0.3 is 5.32 Å². The number of pyridine rings is 1. The fourth-order valence-corrected chi connectivity index (χ4v) is 1.03. The number of aromatic nitrogens is 1. The Kier molecular flexibility index (Phi) is 2.55. The Labute approximate surface area is 78.2 Å². The van der Waals surface area contributed by atoms with E-state index in [0.717, 1.165) is 5.56 Å². The van der Waals surface area contributed by atoms with Crippen molar-refractivity contribution in [2.45, 2.75) is 26.2 Å². The topological polar surface area (TPSA) is 24.9 Å². The Bertz CT molecular complexity index is 302. The summed E-state index contributed by atoms with van der Waals surface area (Å²) in [4.78, 5) is 3.98. The highest BCUT2D eigenvalue weighted by molar-refractivity contribution is 5.38. The van der Waals surface area contributed by atoms with Gasteiger partial charge in [-0.05, 0) is 17.0 Å². The molecule has 3 heteroatoms. The van der Waals surface area contributed by atoms with Gasteiger partial charge in [-0.15, -0.1) is 0 Å². The molecular weight excluding hydrogens is 167 g/mol. The molecular formula is C10H15FN2. The van der Waals surface area contributed by atoms with Crippen LogP contribution in [0.15, 0.2) is 12.3 Å². The van der Waals surface area contributed by atoms with Crippen LogP contribution < -0.4 is 5.32 Å². The van der Waals surface area contributed by atoms with Crippen molar-refractivity contribution < 1.29 is 4.39 Å². The molecule has 0 aliphatic rings. The fourth-order valence-electron chi connectivity index (χ4n) is 1.03. The van der Waals surface area contributed by atoms with Crippen LogP contribution in [0.4, 0.5) is 10.2 Å². The van der Waals surface area contributed by atoms with Crippen LogP contribution in [-0.4, -0.2) is 12.0 Å². The Balaban J connectivity index is 3.10. The summed E-state index contributed by atoms with van der Waals surface area (Å²) in [7, 11) is 1.65. The second kappa shape index (κ2) is 3.32. The number of anilines is 1. The summed E-state index contributed by atoms with van der Waals surface area (Å²) in [5.41, 5.74) is 0.851. The van der Waals surface area contributed by atoms with Crippen molar-refractivity contribution in [1.29, 1.82) is 0 Å². The van der Waals surface area contributed by atoms with Gasteiger partial charge in [0.15, 0.2) is 11.6 Å². The van der Waals surface area contributed by atoms with Gasteiger partial charge in [-0.25, -0.2) is 9.37 Å². The lowest BCUT2D eigenvalue weighted by atomic mass is 9.88. The zero-order valence-electron chi connectivity index (χ0n) is 8.48. The SMILES string of the molecule is CNc1ncc(C(C)(C)C)cc1F. The maximum atomic E-state index is 13.3. The molecule has 1 aromatic rings. The quantitative estimate of drug-likeness (QED) is 0.722. The van der Waals surface area contributed by atoms with E-state index in [1.165, 1.54) is 6.07 Å². The van der Waals surface area contributed by atoms with E-state index in [2.05, 4.69) is 10.3 Å². The van der Waals surface area contributed by atoms with Crippen LogP contribution in [0.5, 0.6) is 0 Å². The van der Waals surface area contributed by atoms with Crippen molar-refractivity contribution in [3.8, 4) is 0 Å². The second-order valence-electron chi connectivity index (χ2n) is 4.05. The van der Waals surface area contributed by atoms with E-state index in [-0.39, 0.29) is 11.2 Å². The molecule has 0 bridgehead atoms. The number of nitrogens with one attached hydrogen (secondary N) is 1. The maximum absolute atomic E-state index is 13.3. The van der Waals surface area contributed by atoms with Crippen molar-refractivity contribution in [2.24, 2.45) is 0 Å². The highest BCUT2D eigenvalue weighted by Gasteiger charge is 2.15. The Hall–Kier alpha value is -1.12. The largest absolute Gasteiger partial charge is 0.371 e. The van der Waals surface area contributed by atoms with Gasteiger partial charge in [-0.1, -0.05) is 20.8 Å². The smallest absolute Gasteiger partial charge is 0.165 e. The van der Waals surface area contributed by atoms with Gasteiger partial charge in [-0.2, -0.15) is 0 Å². The third-order valence-electron chi connectivity index (χ3n) is 1.94. The highest BCUT2D eigenvalue weighted by atomic mass is 19.1. The lowest BCUT2D eigenvalue weighted by molar-refractivity contribution is 0.568. The first kappa shape index (κ1) is 9.96. The molecule has 1 aromatic heterocycles. The standard InChI is InChI=1S/C10H15FN2/c1-10(2,3)7-5-8(11)9(12-4)13-6-7/h5-6H,1-4H3,(H,12,13). The molecule has 0 aliphatic heterocycles. The summed E-state index contributed by atoms with van der Waals surface area (Å²) in [6.45, 7) is 6.09. The van der Waals surface area contributed by atoms with E-state index in [9.17, 15) is 4.39 Å². The van der Waals surface area contributed by atoms with Gasteiger partial charge in [-0.3, -0.25) is 0 Å². The molecule has 0 spiro atoms. The molecule has 0 fully saturated rings. The minimum atomic E-state index is -0.296. The number of hydrogen-bond donors (Lipinski definition) is 1. The van der Waals surface area contributed by atoms with Crippen molar-refractivity contribution in [2.75, 3.05) is 12.4 Å². The van der Waals surface area contributed by atoms with Gasteiger partial charge in [0.05, 0.1) is 0 Å². The molecule has 0 saturated carbocycles. The molecule has 0 radical (unpaired) electrons. The normalized spacial score (nSPS) is 11.5. The van der Waals surface area contributed by atoms with E-state index in [1.54, 1.807) is 13.2 Å². The molecule has 2 nitrogen and oxygen atoms in total. The first-order valence-electron chi connectivity index (χ1n) is 4.29. The molecule has 0 aliphatic carbocycles. The highest BCUT2D eigenvalue weighted by Crippen LogP contribution is 2.23. The molecule has 1 heterocycles. The molecule has 1 N–H and O–H groups in total. The number of nitrogens with zero attached hydrogens (tertiary/aromatic N) is 1. The molecule has 0 atom stereocenters. The van der Waals surface area contributed by atoms with Crippen LogP contribution in [0.2, 0.25) is 0 Å². The third-order valence-corrected chi connectivity index (χ3v) is 1.94. The van der Waals surface area contributed by atoms with E-state index in [4.69, 9.17) is 0 Å². The molecule has 0 aromatic carbocycles. The van der Waals surface area contributed by atoms with Crippen LogP contribution in [0.1, 0.15) is 26.3 Å². The third kappa shape index (κ3) is 2.17. The Morgan fingerprint density at radius 1 is 1.38 bits per heavy atom. The summed E-state index contributed by atoms with van der Waals surface area (Å²) in [5, 5.41) is 2.69. The van der Waals surface area contributed by atoms with Crippen molar-refractivity contribution in [3.05, 3.63) is 23.6 Å². The van der Waals surface area contributed by atoms with E-state index in [0.29, 0.717) is 5.82 Å². The molecule has 72 valence electrons. The van der Waals surface area contributed by atoms with Crippen molar-refractivity contribution in [1.82, 2.24) is 4.98 Å². The zero-order valence-corrected chi connectivity index (χ0v) is 8.48. The fraction of sp³-hybridized carbons (Fsp3) is 0.500. The lowest BCUT2D eigenvalue weighted by Crippen LogP contribution is -2.12. The molecule has 0 unspecified atom stereocenters. The van der Waals surface area contributed by atoms with E-state index >= 15 is 0 Å². The number of rotatable bonds is 1. The van der Waals surface area contributed by atoms with Gasteiger partial charge in [0.1, 0.15) is 0 Å². The molecule has 1 rings (SSSR count). The summed E-state index contributed by atoms with van der Waals surface area (Å²) < 4.78 is 13.3. The van der Waals surface area contributed by atoms with Crippen LogP contribution in [-0.2, 0) is 5.41 Å². The van der Waals surface area contributed by atoms with Gasteiger partial charge in [0.2, 0.25) is 0 Å². The lowest BCUT2D eigenvalue weighted by Gasteiger charge is -2.18. The first-order chi connectivity index (χ1) is 5.95. The van der Waals surface area contributed by atoms with Gasteiger partial charge in [0.25, 0.3) is 0 Å². The average molecular weight is 182 g/mol.